The fourth-order valence-corrected chi connectivity index (χ4v) is 5.12. The molecule has 1 amide bonds. The van der Waals surface area contributed by atoms with Gasteiger partial charge in [0.1, 0.15) is 24.1 Å². The Balaban J connectivity index is 1.30. The number of fused-ring (bicyclic) bond motifs is 3. The van der Waals surface area contributed by atoms with Gasteiger partial charge in [0.25, 0.3) is 0 Å². The minimum atomic E-state index is -0.437. The highest BCUT2D eigenvalue weighted by molar-refractivity contribution is 6.31. The molecule has 1 aliphatic rings. The Morgan fingerprint density at radius 1 is 1.00 bits per heavy atom. The van der Waals surface area contributed by atoms with E-state index in [9.17, 15) is 4.79 Å². The summed E-state index contributed by atoms with van der Waals surface area (Å²) in [6, 6.07) is 19.9. The molecule has 3 aromatic carbocycles. The molecule has 0 saturated carbocycles. The number of hydrogen-bond donors (Lipinski definition) is 1. The molecule has 8 nitrogen and oxygen atoms in total. The van der Waals surface area contributed by atoms with E-state index in [2.05, 4.69) is 15.3 Å². The van der Waals surface area contributed by atoms with Crippen LogP contribution in [-0.2, 0) is 13.0 Å². The third-order valence-corrected chi connectivity index (χ3v) is 7.09. The lowest BCUT2D eigenvalue weighted by molar-refractivity contribution is 0.135. The molecule has 1 N–H and O–H groups in total. The predicted molar refractivity (Wildman–Crippen MR) is 145 cm³/mol. The first-order valence-corrected chi connectivity index (χ1v) is 12.9. The average Bonchev–Trinajstić information content (AvgIpc) is 3.57. The van der Waals surface area contributed by atoms with Gasteiger partial charge in [-0.05, 0) is 72.1 Å². The number of benzene rings is 3. The van der Waals surface area contributed by atoms with E-state index in [0.29, 0.717) is 41.9 Å². The number of carbonyl (C=O) groups excluding carboxylic acids is 1. The average molecular weight is 548 g/mol. The van der Waals surface area contributed by atoms with Crippen LogP contribution in [-0.4, -0.2) is 44.1 Å². The smallest absolute Gasteiger partial charge is 0.416 e. The lowest BCUT2D eigenvalue weighted by Crippen LogP contribution is -2.42. The van der Waals surface area contributed by atoms with Gasteiger partial charge in [-0.3, -0.25) is 4.90 Å². The minimum absolute atomic E-state index is 0.381. The van der Waals surface area contributed by atoms with Crippen molar-refractivity contribution >= 4 is 40.2 Å². The van der Waals surface area contributed by atoms with E-state index in [4.69, 9.17) is 32.7 Å². The molecule has 0 radical (unpaired) electrons. The van der Waals surface area contributed by atoms with Crippen LogP contribution in [0.15, 0.2) is 79.1 Å². The summed E-state index contributed by atoms with van der Waals surface area (Å²) in [6.45, 7) is 1.54. The van der Waals surface area contributed by atoms with Gasteiger partial charge in [-0.15, -0.1) is 5.10 Å². The van der Waals surface area contributed by atoms with Crippen molar-refractivity contribution < 1.29 is 14.3 Å². The molecule has 192 valence electrons. The van der Waals surface area contributed by atoms with Gasteiger partial charge in [0.15, 0.2) is 0 Å². The molecule has 0 bridgehead atoms. The second-order valence-corrected chi connectivity index (χ2v) is 9.83. The van der Waals surface area contributed by atoms with E-state index >= 15 is 0 Å². The van der Waals surface area contributed by atoms with Crippen LogP contribution in [0.5, 0.6) is 11.5 Å². The molecule has 3 heterocycles. The number of nitrogens with zero attached hydrogens (tertiary/aromatic N) is 4. The van der Waals surface area contributed by atoms with Crippen molar-refractivity contribution in [3.63, 3.8) is 0 Å². The summed E-state index contributed by atoms with van der Waals surface area (Å²) in [5.74, 6) is 1.16. The zero-order valence-electron chi connectivity index (χ0n) is 20.2. The monoisotopic (exact) mass is 547 g/mol. The normalized spacial score (nSPS) is 14.9. The van der Waals surface area contributed by atoms with Crippen molar-refractivity contribution in [2.24, 2.45) is 0 Å². The molecule has 0 aliphatic carbocycles. The number of hydrogen-bond acceptors (Lipinski definition) is 5. The molecule has 6 rings (SSSR count). The Bertz CT molecular complexity index is 1570. The van der Waals surface area contributed by atoms with Gasteiger partial charge in [-0.2, -0.15) is 0 Å². The van der Waals surface area contributed by atoms with E-state index in [0.717, 1.165) is 33.5 Å². The van der Waals surface area contributed by atoms with Crippen molar-refractivity contribution in [2.45, 2.75) is 19.0 Å². The van der Waals surface area contributed by atoms with Crippen molar-refractivity contribution in [2.75, 3.05) is 13.2 Å². The summed E-state index contributed by atoms with van der Waals surface area (Å²) >= 11 is 12.3. The van der Waals surface area contributed by atoms with Gasteiger partial charge in [0.2, 0.25) is 0 Å². The number of carbonyl (C=O) groups is 1. The Hall–Kier alpha value is -4.01. The summed E-state index contributed by atoms with van der Waals surface area (Å²) in [5.41, 5.74) is 4.00. The maximum atomic E-state index is 13.4. The molecule has 2 aromatic heterocycles. The molecule has 10 heteroatoms. The molecule has 38 heavy (non-hydrogen) atoms. The van der Waals surface area contributed by atoms with Crippen molar-refractivity contribution in [1.82, 2.24) is 24.9 Å². The number of rotatable bonds is 6. The number of amides is 1. The molecule has 1 atom stereocenters. The molecule has 5 aromatic rings. The standard InChI is InChI=1S/C28H23Cl2N5O3/c29-19-3-8-22(9-4-19)38-28(36)35-13-11-23-24-17-20(30)5-10-25(24)32-26(23)27(35)18-1-6-21(7-2-18)37-16-15-34-14-12-31-33-34/h1-10,12,14,17,27,32H,11,13,15-16H2. The first-order valence-electron chi connectivity index (χ1n) is 12.2. The number of aromatic amines is 1. The van der Waals surface area contributed by atoms with Crippen LogP contribution in [0.1, 0.15) is 22.9 Å². The molecule has 0 saturated heterocycles. The minimum Gasteiger partial charge on any atom is -0.492 e. The molecule has 1 unspecified atom stereocenters. The molecular formula is C28H23Cl2N5O3. The summed E-state index contributed by atoms with van der Waals surface area (Å²) in [5, 5.41) is 10.1. The number of nitrogens with one attached hydrogen (secondary N) is 1. The number of aromatic nitrogens is 4. The van der Waals surface area contributed by atoms with Gasteiger partial charge in [-0.1, -0.05) is 40.5 Å². The topological polar surface area (TPSA) is 85.3 Å². The third kappa shape index (κ3) is 4.92. The fraction of sp³-hybridized carbons (Fsp3) is 0.179. The van der Waals surface area contributed by atoms with Crippen LogP contribution in [0, 0.1) is 0 Å². The van der Waals surface area contributed by atoms with Gasteiger partial charge >= 0.3 is 6.09 Å². The Morgan fingerprint density at radius 2 is 1.76 bits per heavy atom. The number of ether oxygens (including phenoxy) is 2. The van der Waals surface area contributed by atoms with E-state index < -0.39 is 6.09 Å². The molecular weight excluding hydrogens is 525 g/mol. The van der Waals surface area contributed by atoms with E-state index in [1.54, 1.807) is 46.2 Å². The highest BCUT2D eigenvalue weighted by atomic mass is 35.5. The Kier molecular flexibility index (Phi) is 6.66. The zero-order valence-corrected chi connectivity index (χ0v) is 21.7. The second kappa shape index (κ2) is 10.4. The number of halogens is 2. The molecule has 0 fully saturated rings. The lowest BCUT2D eigenvalue weighted by atomic mass is 9.92. The summed E-state index contributed by atoms with van der Waals surface area (Å²) in [6.07, 6.45) is 3.66. The fourth-order valence-electron chi connectivity index (χ4n) is 4.82. The lowest BCUT2D eigenvalue weighted by Gasteiger charge is -2.35. The van der Waals surface area contributed by atoms with Crippen LogP contribution in [0.4, 0.5) is 4.79 Å². The zero-order chi connectivity index (χ0) is 26.1. The van der Waals surface area contributed by atoms with E-state index in [1.807, 2.05) is 42.5 Å². The van der Waals surface area contributed by atoms with Crippen molar-refractivity contribution in [3.05, 3.63) is 106 Å². The van der Waals surface area contributed by atoms with Crippen LogP contribution >= 0.6 is 23.2 Å². The van der Waals surface area contributed by atoms with Crippen LogP contribution < -0.4 is 9.47 Å². The van der Waals surface area contributed by atoms with Gasteiger partial charge in [0.05, 0.1) is 12.7 Å². The number of H-pyrrole nitrogens is 1. The third-order valence-electron chi connectivity index (χ3n) is 6.60. The summed E-state index contributed by atoms with van der Waals surface area (Å²) < 4.78 is 13.3. The van der Waals surface area contributed by atoms with Crippen LogP contribution in [0.25, 0.3) is 10.9 Å². The largest absolute Gasteiger partial charge is 0.492 e. The first kappa shape index (κ1) is 24.3. The first-order chi connectivity index (χ1) is 18.5. The maximum absolute atomic E-state index is 13.4. The molecule has 1 aliphatic heterocycles. The van der Waals surface area contributed by atoms with Gasteiger partial charge in [-0.25, -0.2) is 9.48 Å². The Labute approximate surface area is 228 Å². The van der Waals surface area contributed by atoms with Gasteiger partial charge < -0.3 is 14.5 Å². The SMILES string of the molecule is O=C(Oc1ccc(Cl)cc1)N1CCc2c([nH]c3ccc(Cl)cc23)C1c1ccc(OCCn2ccnn2)cc1. The van der Waals surface area contributed by atoms with Crippen molar-refractivity contribution in [1.29, 1.82) is 0 Å². The van der Waals surface area contributed by atoms with Crippen LogP contribution in [0.2, 0.25) is 10.0 Å². The Morgan fingerprint density at radius 3 is 2.53 bits per heavy atom. The van der Waals surface area contributed by atoms with E-state index in [1.165, 1.54) is 0 Å². The van der Waals surface area contributed by atoms with Gasteiger partial charge in [0, 0.05) is 39.4 Å². The highest BCUT2D eigenvalue weighted by Gasteiger charge is 2.35. The van der Waals surface area contributed by atoms with Crippen LogP contribution in [0.3, 0.4) is 0 Å². The highest BCUT2D eigenvalue weighted by Crippen LogP contribution is 2.40. The summed E-state index contributed by atoms with van der Waals surface area (Å²) in [7, 11) is 0. The maximum Gasteiger partial charge on any atom is 0.416 e. The predicted octanol–water partition coefficient (Wildman–Crippen LogP) is 6.29. The second-order valence-electron chi connectivity index (χ2n) is 8.96. The molecule has 0 spiro atoms. The quantitative estimate of drug-likeness (QED) is 0.270. The van der Waals surface area contributed by atoms with E-state index in [-0.39, 0.29) is 6.04 Å². The van der Waals surface area contributed by atoms with Crippen molar-refractivity contribution in [3.8, 4) is 11.5 Å². The summed E-state index contributed by atoms with van der Waals surface area (Å²) in [4.78, 5) is 18.7.